The third-order valence-corrected chi connectivity index (χ3v) is 4.28. The molecule has 0 unspecified atom stereocenters. The zero-order chi connectivity index (χ0) is 22.4. The monoisotopic (exact) mass is 422 g/mol. The van der Waals surface area contributed by atoms with Crippen LogP contribution in [0.5, 0.6) is 5.88 Å². The zero-order valence-corrected chi connectivity index (χ0v) is 18.2. The molecule has 2 aromatic carbocycles. The molecule has 3 aromatic rings. The Hall–Kier alpha value is -3.48. The maximum Gasteiger partial charge on any atom is 0.337 e. The Kier molecular flexibility index (Phi) is 6.84. The summed E-state index contributed by atoms with van der Waals surface area (Å²) in [6.07, 6.45) is 0.719. The topological polar surface area (TPSA) is 87.6 Å². The summed E-state index contributed by atoms with van der Waals surface area (Å²) in [5, 5.41) is 0. The first-order valence-corrected chi connectivity index (χ1v) is 10.1. The fourth-order valence-corrected chi connectivity index (χ4v) is 2.95. The molecule has 3 rings (SSSR count). The van der Waals surface area contributed by atoms with E-state index in [0.29, 0.717) is 34.6 Å². The summed E-state index contributed by atoms with van der Waals surface area (Å²) in [7, 11) is 1.33. The summed E-state index contributed by atoms with van der Waals surface area (Å²) < 4.78 is 16.0. The second-order valence-electron chi connectivity index (χ2n) is 7.98. The Morgan fingerprint density at radius 2 is 1.71 bits per heavy atom. The molecular formula is C24H26N2O5. The highest BCUT2D eigenvalue weighted by molar-refractivity contribution is 5.94. The Bertz CT molecular complexity index is 1070. The van der Waals surface area contributed by atoms with E-state index >= 15 is 0 Å². The van der Waals surface area contributed by atoms with E-state index in [0.717, 1.165) is 5.56 Å². The van der Waals surface area contributed by atoms with Gasteiger partial charge in [0.25, 0.3) is 0 Å². The van der Waals surface area contributed by atoms with Crippen molar-refractivity contribution in [2.45, 2.75) is 39.2 Å². The highest BCUT2D eigenvalue weighted by Gasteiger charge is 2.17. The molecule has 0 saturated carbocycles. The number of ether oxygens (including phenoxy) is 3. The van der Waals surface area contributed by atoms with E-state index in [4.69, 9.17) is 19.2 Å². The molecule has 0 bridgehead atoms. The number of hydrogen-bond donors (Lipinski definition) is 0. The molecule has 0 N–H and O–H groups in total. The average Bonchev–Trinajstić information content (AvgIpc) is 2.74. The average molecular weight is 422 g/mol. The van der Waals surface area contributed by atoms with Crippen molar-refractivity contribution in [2.75, 3.05) is 13.7 Å². The van der Waals surface area contributed by atoms with E-state index in [2.05, 4.69) is 4.98 Å². The van der Waals surface area contributed by atoms with Crippen LogP contribution in [0.25, 0.3) is 22.3 Å². The van der Waals surface area contributed by atoms with Gasteiger partial charge in [0.2, 0.25) is 5.88 Å². The van der Waals surface area contributed by atoms with E-state index in [1.807, 2.05) is 51.1 Å². The van der Waals surface area contributed by atoms with Crippen LogP contribution >= 0.6 is 0 Å². The summed E-state index contributed by atoms with van der Waals surface area (Å²) in [4.78, 5) is 33.1. The van der Waals surface area contributed by atoms with Crippen LogP contribution in [0.3, 0.4) is 0 Å². The van der Waals surface area contributed by atoms with Crippen LogP contribution in [-0.4, -0.2) is 41.2 Å². The quantitative estimate of drug-likeness (QED) is 0.407. The molecule has 0 saturated heterocycles. The number of aromatic nitrogens is 2. The van der Waals surface area contributed by atoms with Crippen LogP contribution in [0.1, 0.15) is 44.0 Å². The van der Waals surface area contributed by atoms with Gasteiger partial charge in [0.15, 0.2) is 0 Å². The van der Waals surface area contributed by atoms with Crippen molar-refractivity contribution in [1.82, 2.24) is 9.97 Å². The summed E-state index contributed by atoms with van der Waals surface area (Å²) in [6, 6.07) is 14.6. The number of carbonyl (C=O) groups is 2. The van der Waals surface area contributed by atoms with Gasteiger partial charge in [-0.3, -0.25) is 4.79 Å². The second-order valence-corrected chi connectivity index (χ2v) is 7.98. The van der Waals surface area contributed by atoms with Gasteiger partial charge < -0.3 is 14.2 Å². The smallest absolute Gasteiger partial charge is 0.337 e. The number of rotatable bonds is 7. The van der Waals surface area contributed by atoms with Crippen molar-refractivity contribution >= 4 is 23.0 Å². The molecular weight excluding hydrogens is 396 g/mol. The molecule has 1 aromatic heterocycles. The summed E-state index contributed by atoms with van der Waals surface area (Å²) in [5.74, 6) is -0.382. The highest BCUT2D eigenvalue weighted by atomic mass is 16.6. The van der Waals surface area contributed by atoms with Crippen LogP contribution < -0.4 is 4.74 Å². The summed E-state index contributed by atoms with van der Waals surface area (Å²) in [5.41, 5.74) is 2.47. The Balaban J connectivity index is 1.84. The number of esters is 2. The van der Waals surface area contributed by atoms with Gasteiger partial charge in [-0.05, 0) is 45.4 Å². The first-order valence-electron chi connectivity index (χ1n) is 10.1. The van der Waals surface area contributed by atoms with Gasteiger partial charge in [-0.15, -0.1) is 0 Å². The van der Waals surface area contributed by atoms with Gasteiger partial charge in [-0.25, -0.2) is 14.8 Å². The Morgan fingerprint density at radius 1 is 0.968 bits per heavy atom. The molecule has 0 aliphatic rings. The molecule has 1 heterocycles. The van der Waals surface area contributed by atoms with Crippen molar-refractivity contribution in [2.24, 2.45) is 0 Å². The molecule has 0 aliphatic heterocycles. The normalized spacial score (nSPS) is 11.2. The Labute approximate surface area is 181 Å². The third-order valence-electron chi connectivity index (χ3n) is 4.28. The fourth-order valence-electron chi connectivity index (χ4n) is 2.95. The minimum Gasteiger partial charge on any atom is -0.476 e. The molecule has 7 heteroatoms. The lowest BCUT2D eigenvalue weighted by Gasteiger charge is -2.19. The van der Waals surface area contributed by atoms with Gasteiger partial charge in [0.05, 0.1) is 30.3 Å². The molecule has 0 amide bonds. The second kappa shape index (κ2) is 9.55. The maximum absolute atomic E-state index is 11.9. The zero-order valence-electron chi connectivity index (χ0n) is 18.2. The van der Waals surface area contributed by atoms with Gasteiger partial charge in [0.1, 0.15) is 11.3 Å². The predicted molar refractivity (Wildman–Crippen MR) is 117 cm³/mol. The van der Waals surface area contributed by atoms with Crippen molar-refractivity contribution < 1.29 is 23.8 Å². The molecule has 0 radical (unpaired) electrons. The third kappa shape index (κ3) is 6.01. The SMILES string of the molecule is COC(=O)c1ccc2nc(-c3ccccc3)c(OCCCC(=O)OC(C)(C)C)nc2c1. The van der Waals surface area contributed by atoms with Crippen molar-refractivity contribution in [3.8, 4) is 17.1 Å². The molecule has 31 heavy (non-hydrogen) atoms. The number of fused-ring (bicyclic) bond motifs is 1. The molecule has 0 aliphatic carbocycles. The van der Waals surface area contributed by atoms with Crippen LogP contribution in [0.2, 0.25) is 0 Å². The van der Waals surface area contributed by atoms with Gasteiger partial charge in [-0.1, -0.05) is 30.3 Å². The van der Waals surface area contributed by atoms with Crippen molar-refractivity contribution in [1.29, 1.82) is 0 Å². The molecule has 162 valence electrons. The van der Waals surface area contributed by atoms with Gasteiger partial charge in [0, 0.05) is 12.0 Å². The van der Waals surface area contributed by atoms with E-state index in [1.54, 1.807) is 18.2 Å². The van der Waals surface area contributed by atoms with E-state index < -0.39 is 11.6 Å². The van der Waals surface area contributed by atoms with E-state index in [9.17, 15) is 9.59 Å². The fraction of sp³-hybridized carbons (Fsp3) is 0.333. The predicted octanol–water partition coefficient (Wildman–Crippen LogP) is 4.58. The molecule has 0 atom stereocenters. The largest absolute Gasteiger partial charge is 0.476 e. The summed E-state index contributed by atoms with van der Waals surface area (Å²) in [6.45, 7) is 5.78. The highest BCUT2D eigenvalue weighted by Crippen LogP contribution is 2.29. The standard InChI is InChI=1S/C24H26N2O5/c1-24(2,3)31-20(27)11-8-14-30-22-21(16-9-6-5-7-10-16)25-18-13-12-17(23(28)29-4)15-19(18)26-22/h5-7,9-10,12-13,15H,8,11,14H2,1-4H3. The lowest BCUT2D eigenvalue weighted by molar-refractivity contribution is -0.155. The van der Waals surface area contributed by atoms with E-state index in [1.165, 1.54) is 7.11 Å². The summed E-state index contributed by atoms with van der Waals surface area (Å²) >= 11 is 0. The molecule has 0 fully saturated rings. The maximum atomic E-state index is 11.9. The van der Waals surface area contributed by atoms with Crippen LogP contribution in [-0.2, 0) is 14.3 Å². The minimum absolute atomic E-state index is 0.242. The van der Waals surface area contributed by atoms with Gasteiger partial charge >= 0.3 is 11.9 Å². The van der Waals surface area contributed by atoms with Crippen LogP contribution in [0.15, 0.2) is 48.5 Å². The van der Waals surface area contributed by atoms with E-state index in [-0.39, 0.29) is 19.0 Å². The lowest BCUT2D eigenvalue weighted by atomic mass is 10.1. The lowest BCUT2D eigenvalue weighted by Crippen LogP contribution is -2.24. The van der Waals surface area contributed by atoms with Crippen LogP contribution in [0, 0.1) is 0 Å². The first kappa shape index (κ1) is 22.2. The van der Waals surface area contributed by atoms with Crippen LogP contribution in [0.4, 0.5) is 0 Å². The molecule has 7 nitrogen and oxygen atoms in total. The van der Waals surface area contributed by atoms with Crippen molar-refractivity contribution in [3.05, 3.63) is 54.1 Å². The number of benzene rings is 2. The Morgan fingerprint density at radius 3 is 2.39 bits per heavy atom. The first-order chi connectivity index (χ1) is 14.8. The minimum atomic E-state index is -0.514. The van der Waals surface area contributed by atoms with Gasteiger partial charge in [-0.2, -0.15) is 0 Å². The number of hydrogen-bond acceptors (Lipinski definition) is 7. The van der Waals surface area contributed by atoms with Crippen molar-refractivity contribution in [3.63, 3.8) is 0 Å². The molecule has 0 spiro atoms. The number of carbonyl (C=O) groups excluding carboxylic acids is 2. The number of nitrogens with zero attached hydrogens (tertiary/aromatic N) is 2. The number of methoxy groups -OCH3 is 1.